The van der Waals surface area contributed by atoms with Gasteiger partial charge in [0.05, 0.1) is 5.97 Å². The van der Waals surface area contributed by atoms with Crippen LogP contribution >= 0.6 is 0 Å². The third kappa shape index (κ3) is 2.77. The fraction of sp³-hybridized carbons (Fsp3) is 0. The van der Waals surface area contributed by atoms with Gasteiger partial charge >= 0.3 is 51.4 Å². The summed E-state index contributed by atoms with van der Waals surface area (Å²) in [6.45, 7) is 0. The van der Waals surface area contributed by atoms with Crippen molar-refractivity contribution >= 4 is 5.97 Å². The number of nitrogens with zero attached hydrogens (tertiary/aromatic N) is 1. The topological polar surface area (TPSA) is 66.2 Å². The summed E-state index contributed by atoms with van der Waals surface area (Å²) in [5.41, 5.74) is -0.284. The third-order valence-corrected chi connectivity index (χ3v) is 0.862. The van der Waals surface area contributed by atoms with E-state index in [0.29, 0.717) is 0 Å². The van der Waals surface area contributed by atoms with E-state index in [2.05, 4.69) is 15.6 Å². The van der Waals surface area contributed by atoms with E-state index in [9.17, 15) is 9.90 Å². The van der Waals surface area contributed by atoms with Crippen LogP contribution in [0.25, 0.3) is 0 Å². The van der Waals surface area contributed by atoms with Crippen LogP contribution in [-0.4, -0.2) is 11.1 Å². The summed E-state index contributed by atoms with van der Waals surface area (Å²) in [5, 5.41) is 13.1. The Bertz CT molecular complexity index is 299. The molecule has 0 saturated heterocycles. The first-order valence-electron chi connectivity index (χ1n) is 2.38. The summed E-state index contributed by atoms with van der Waals surface area (Å²) in [6, 6.07) is 1.12. The number of carboxylic acids is 1. The van der Waals surface area contributed by atoms with Crippen LogP contribution in [0.5, 0.6) is 0 Å². The first-order chi connectivity index (χ1) is 4.74. The maximum Gasteiger partial charge on any atom is 1.00 e. The van der Waals surface area contributed by atoms with Crippen LogP contribution in [0.1, 0.15) is 16.2 Å². The van der Waals surface area contributed by atoms with Gasteiger partial charge in [0.25, 0.3) is 0 Å². The molecule has 0 aliphatic heterocycles. The molecule has 4 nitrogen and oxygen atoms in total. The molecule has 0 unspecified atom stereocenters. The maximum atomic E-state index is 10.0. The standard InChI is InChI=1S/C6H3NO3.K/c1-2-4-3-5(6(8)9)7-10-4;/h1,3H,(H,8,9);/q;+1/p-1. The van der Waals surface area contributed by atoms with Gasteiger partial charge in [-0.2, -0.15) is 0 Å². The number of carboxylic acid groups (broad SMARTS) is 1. The van der Waals surface area contributed by atoms with Crippen LogP contribution < -0.4 is 56.5 Å². The van der Waals surface area contributed by atoms with E-state index in [0.717, 1.165) is 6.07 Å². The fourth-order valence-corrected chi connectivity index (χ4v) is 0.439. The normalized spacial score (nSPS) is 7.91. The number of carbonyl (C=O) groups is 1. The molecular weight excluding hydrogens is 173 g/mol. The molecule has 1 rings (SSSR count). The molecule has 1 aromatic rings. The van der Waals surface area contributed by atoms with Crippen LogP contribution in [0.4, 0.5) is 0 Å². The largest absolute Gasteiger partial charge is 1.00 e. The van der Waals surface area contributed by atoms with Crippen LogP contribution in [0.3, 0.4) is 0 Å². The molecule has 0 fully saturated rings. The first-order valence-corrected chi connectivity index (χ1v) is 2.38. The summed E-state index contributed by atoms with van der Waals surface area (Å²) in [7, 11) is 0. The van der Waals surface area contributed by atoms with Crippen molar-refractivity contribution in [1.82, 2.24) is 5.16 Å². The number of aromatic carboxylic acids is 1. The zero-order valence-electron chi connectivity index (χ0n) is 5.83. The van der Waals surface area contributed by atoms with E-state index in [-0.39, 0.29) is 62.8 Å². The number of hydrogen-bond acceptors (Lipinski definition) is 4. The second-order valence-electron chi connectivity index (χ2n) is 1.51. The summed E-state index contributed by atoms with van der Waals surface area (Å²) in [5.74, 6) is 0.767. The van der Waals surface area contributed by atoms with Crippen molar-refractivity contribution in [3.05, 3.63) is 17.5 Å². The van der Waals surface area contributed by atoms with Gasteiger partial charge in [0.1, 0.15) is 5.69 Å². The number of aromatic nitrogens is 1. The molecule has 0 aliphatic carbocycles. The zero-order chi connectivity index (χ0) is 7.56. The average Bonchev–Trinajstić information content (AvgIpc) is 2.34. The number of terminal acetylenes is 1. The predicted octanol–water partition coefficient (Wildman–Crippen LogP) is -3.98. The molecule has 0 atom stereocenters. The summed E-state index contributed by atoms with van der Waals surface area (Å²) < 4.78 is 4.37. The monoisotopic (exact) mass is 175 g/mol. The molecule has 0 N–H and O–H groups in total. The van der Waals surface area contributed by atoms with E-state index in [1.54, 1.807) is 0 Å². The van der Waals surface area contributed by atoms with Crippen molar-refractivity contribution < 1.29 is 65.8 Å². The number of hydrogen-bond donors (Lipinski definition) is 0. The molecule has 0 aliphatic rings. The molecule has 0 aromatic carbocycles. The molecule has 0 bridgehead atoms. The van der Waals surface area contributed by atoms with Crippen molar-refractivity contribution in [1.29, 1.82) is 0 Å². The summed E-state index contributed by atoms with van der Waals surface area (Å²) in [6.07, 6.45) is 4.87. The van der Waals surface area contributed by atoms with E-state index in [1.807, 2.05) is 0 Å². The molecule has 0 saturated carbocycles. The number of carbonyl (C=O) groups excluding carboxylic acids is 1. The maximum absolute atomic E-state index is 10.0. The van der Waals surface area contributed by atoms with Gasteiger partial charge in [-0.25, -0.2) is 0 Å². The minimum absolute atomic E-state index is 0. The smallest absolute Gasteiger partial charge is 0.543 e. The van der Waals surface area contributed by atoms with Crippen molar-refractivity contribution in [2.75, 3.05) is 0 Å². The van der Waals surface area contributed by atoms with E-state index < -0.39 is 5.97 Å². The van der Waals surface area contributed by atoms with Gasteiger partial charge in [0.15, 0.2) is 0 Å². The van der Waals surface area contributed by atoms with Crippen LogP contribution in [0, 0.1) is 12.3 Å². The van der Waals surface area contributed by atoms with Gasteiger partial charge in [0, 0.05) is 6.07 Å². The van der Waals surface area contributed by atoms with Gasteiger partial charge in [0.2, 0.25) is 5.76 Å². The Kier molecular flexibility index (Phi) is 4.64. The van der Waals surface area contributed by atoms with E-state index >= 15 is 0 Å². The number of rotatable bonds is 1. The van der Waals surface area contributed by atoms with Crippen molar-refractivity contribution in [2.45, 2.75) is 0 Å². The zero-order valence-corrected chi connectivity index (χ0v) is 8.95. The Labute approximate surface area is 105 Å². The SMILES string of the molecule is C#Cc1cc(C(=O)[O-])no1.[K+]. The molecule has 0 amide bonds. The molecule has 5 heteroatoms. The Morgan fingerprint density at radius 2 is 2.45 bits per heavy atom. The van der Waals surface area contributed by atoms with Gasteiger partial charge in [-0.05, 0) is 5.92 Å². The fourth-order valence-electron chi connectivity index (χ4n) is 0.439. The Hall–Kier alpha value is -0.124. The van der Waals surface area contributed by atoms with Gasteiger partial charge < -0.3 is 14.4 Å². The molecule has 0 spiro atoms. The Balaban J connectivity index is 0.000001000. The predicted molar refractivity (Wildman–Crippen MR) is 28.8 cm³/mol. The molecule has 1 heterocycles. The van der Waals surface area contributed by atoms with Gasteiger partial charge in [-0.3, -0.25) is 0 Å². The summed E-state index contributed by atoms with van der Waals surface area (Å²) >= 11 is 0. The second kappa shape index (κ2) is 4.69. The van der Waals surface area contributed by atoms with Crippen LogP contribution in [0.15, 0.2) is 10.6 Å². The van der Waals surface area contributed by atoms with E-state index in [4.69, 9.17) is 6.42 Å². The van der Waals surface area contributed by atoms with E-state index in [1.165, 1.54) is 0 Å². The van der Waals surface area contributed by atoms with Crippen LogP contribution in [0.2, 0.25) is 0 Å². The quantitative estimate of drug-likeness (QED) is 0.322. The molecule has 11 heavy (non-hydrogen) atoms. The third-order valence-electron chi connectivity index (χ3n) is 0.862. The summed E-state index contributed by atoms with van der Waals surface area (Å²) in [4.78, 5) is 10.0. The molecule has 1 aromatic heterocycles. The van der Waals surface area contributed by atoms with Crippen molar-refractivity contribution in [3.8, 4) is 12.3 Å². The molecule has 50 valence electrons. The van der Waals surface area contributed by atoms with Crippen molar-refractivity contribution in [3.63, 3.8) is 0 Å². The van der Waals surface area contributed by atoms with Gasteiger partial charge in [-0.15, -0.1) is 6.42 Å². The second-order valence-corrected chi connectivity index (χ2v) is 1.51. The minimum Gasteiger partial charge on any atom is -0.543 e. The average molecular weight is 175 g/mol. The van der Waals surface area contributed by atoms with Gasteiger partial charge in [-0.1, -0.05) is 5.16 Å². The Morgan fingerprint density at radius 3 is 2.73 bits per heavy atom. The minimum atomic E-state index is -1.40. The van der Waals surface area contributed by atoms with Crippen LogP contribution in [-0.2, 0) is 0 Å². The Morgan fingerprint density at radius 1 is 1.82 bits per heavy atom. The first kappa shape index (κ1) is 10.9. The van der Waals surface area contributed by atoms with Crippen molar-refractivity contribution in [2.24, 2.45) is 0 Å². The molecular formula is C6H2KNO3. The molecule has 0 radical (unpaired) electrons.